The first-order valence-corrected chi connectivity index (χ1v) is 22.3. The summed E-state index contributed by atoms with van der Waals surface area (Å²) in [5, 5.41) is 20.5. The molecule has 0 bridgehead atoms. The Hall–Kier alpha value is -5.30. The van der Waals surface area contributed by atoms with E-state index in [2.05, 4.69) is 43.2 Å². The van der Waals surface area contributed by atoms with Crippen LogP contribution >= 0.6 is 0 Å². The topological polar surface area (TPSA) is 194 Å². The minimum atomic E-state index is -0.981. The van der Waals surface area contributed by atoms with E-state index in [0.717, 1.165) is 122 Å². The number of nitrogens with one attached hydrogen (secondary N) is 4. The van der Waals surface area contributed by atoms with E-state index in [-0.39, 0.29) is 50.7 Å². The Balaban J connectivity index is 0.808. The number of rotatable bonds is 18. The van der Waals surface area contributed by atoms with E-state index < -0.39 is 18.0 Å². The number of esters is 2. The van der Waals surface area contributed by atoms with Gasteiger partial charge in [-0.3, -0.25) is 29.4 Å². The molecule has 2 aromatic carbocycles. The number of nitrogens with zero attached hydrogens (tertiary/aromatic N) is 2. The lowest BCUT2D eigenvalue weighted by Crippen LogP contribution is -2.32. The van der Waals surface area contributed by atoms with Crippen LogP contribution in [-0.4, -0.2) is 50.2 Å². The zero-order chi connectivity index (χ0) is 41.4. The van der Waals surface area contributed by atoms with Gasteiger partial charge in [0.15, 0.2) is 11.6 Å². The summed E-state index contributed by atoms with van der Waals surface area (Å²) in [5.41, 5.74) is 14.3. The summed E-state index contributed by atoms with van der Waals surface area (Å²) in [4.78, 5) is 52.0. The van der Waals surface area contributed by atoms with Gasteiger partial charge in [0.1, 0.15) is 19.3 Å². The summed E-state index contributed by atoms with van der Waals surface area (Å²) in [6, 6.07) is 14.8. The van der Waals surface area contributed by atoms with Gasteiger partial charge in [0.2, 0.25) is 11.8 Å². The number of hydrogen-bond donors (Lipinski definition) is 5. The molecule has 2 aromatic heterocycles. The average molecular weight is 818 g/mol. The third-order valence-corrected chi connectivity index (χ3v) is 12.7. The van der Waals surface area contributed by atoms with Gasteiger partial charge in [-0.2, -0.15) is 10.2 Å². The second-order valence-corrected chi connectivity index (χ2v) is 17.6. The fourth-order valence-corrected chi connectivity index (χ4v) is 8.99. The largest absolute Gasteiger partial charge is 0.461 e. The van der Waals surface area contributed by atoms with Crippen molar-refractivity contribution in [2.45, 2.75) is 159 Å². The highest BCUT2D eigenvalue weighted by Crippen LogP contribution is 2.41. The van der Waals surface area contributed by atoms with Gasteiger partial charge in [-0.15, -0.1) is 0 Å². The fraction of sp³-hybridized carbons (Fsp3) is 0.532. The maximum Gasteiger partial charge on any atom is 0.323 e. The molecule has 4 saturated carbocycles. The number of benzene rings is 2. The molecule has 318 valence electrons. The lowest BCUT2D eigenvalue weighted by molar-refractivity contribution is -0.148. The Kier molecular flexibility index (Phi) is 13.4. The van der Waals surface area contributed by atoms with Crippen molar-refractivity contribution >= 4 is 35.4 Å². The number of aromatic amines is 2. The Labute approximate surface area is 351 Å². The van der Waals surface area contributed by atoms with Gasteiger partial charge in [0.25, 0.3) is 0 Å². The van der Waals surface area contributed by atoms with E-state index in [0.29, 0.717) is 35.3 Å². The highest BCUT2D eigenvalue weighted by atomic mass is 16.5. The smallest absolute Gasteiger partial charge is 0.323 e. The molecule has 13 nitrogen and oxygen atoms in total. The zero-order valence-electron chi connectivity index (χ0n) is 34.6. The number of H-pyrrole nitrogens is 2. The van der Waals surface area contributed by atoms with Crippen molar-refractivity contribution in [1.82, 2.24) is 20.4 Å². The normalized spacial score (nSPS) is 17.8. The number of aromatic nitrogens is 4. The number of carbonyl (C=O) groups excluding carboxylic acids is 4. The first-order valence-electron chi connectivity index (χ1n) is 22.3. The molecule has 60 heavy (non-hydrogen) atoms. The summed E-state index contributed by atoms with van der Waals surface area (Å²) < 4.78 is 11.3. The van der Waals surface area contributed by atoms with E-state index in [9.17, 15) is 19.2 Å². The molecule has 0 radical (unpaired) electrons. The predicted molar refractivity (Wildman–Crippen MR) is 227 cm³/mol. The number of amides is 2. The van der Waals surface area contributed by atoms with E-state index in [1.165, 1.54) is 12.8 Å². The lowest BCUT2D eigenvalue weighted by atomic mass is 9.81. The van der Waals surface area contributed by atoms with Crippen LogP contribution in [0.4, 0.5) is 11.6 Å². The van der Waals surface area contributed by atoms with Crippen molar-refractivity contribution in [1.29, 1.82) is 0 Å². The van der Waals surface area contributed by atoms with Crippen molar-refractivity contribution in [2.75, 3.05) is 10.6 Å². The quantitative estimate of drug-likeness (QED) is 0.0615. The minimum Gasteiger partial charge on any atom is -0.461 e. The summed E-state index contributed by atoms with van der Waals surface area (Å²) in [7, 11) is 0. The summed E-state index contributed by atoms with van der Waals surface area (Å²) in [5.74, 6) is 1.60. The number of ether oxygens (including phenoxy) is 2. The maximum absolute atomic E-state index is 13.1. The molecule has 0 saturated heterocycles. The molecule has 2 amide bonds. The molecule has 4 aliphatic rings. The molecule has 8 rings (SSSR count). The van der Waals surface area contributed by atoms with Crippen molar-refractivity contribution in [3.63, 3.8) is 0 Å². The number of anilines is 2. The first kappa shape index (κ1) is 41.4. The van der Waals surface area contributed by atoms with E-state index in [1.807, 2.05) is 36.4 Å². The molecule has 4 fully saturated rings. The van der Waals surface area contributed by atoms with Crippen LogP contribution in [0.3, 0.4) is 0 Å². The first-order chi connectivity index (χ1) is 29.2. The van der Waals surface area contributed by atoms with Crippen LogP contribution in [0, 0.1) is 0 Å². The second-order valence-electron chi connectivity index (χ2n) is 17.6. The molecular weight excluding hydrogens is 759 g/mol. The summed E-state index contributed by atoms with van der Waals surface area (Å²) in [6.45, 7) is 0.138. The van der Waals surface area contributed by atoms with Gasteiger partial charge in [0, 0.05) is 41.8 Å². The monoisotopic (exact) mass is 817 g/mol. The van der Waals surface area contributed by atoms with Gasteiger partial charge in [0.05, 0.1) is 12.8 Å². The van der Waals surface area contributed by atoms with E-state index >= 15 is 0 Å². The van der Waals surface area contributed by atoms with Crippen LogP contribution in [0.1, 0.15) is 171 Å². The predicted octanol–water partition coefficient (Wildman–Crippen LogP) is 8.24. The van der Waals surface area contributed by atoms with Gasteiger partial charge in [-0.1, -0.05) is 74.9 Å². The number of nitrogens with two attached hydrogens (primary N) is 1. The number of hydrogen-bond acceptors (Lipinski definition) is 9. The summed E-state index contributed by atoms with van der Waals surface area (Å²) >= 11 is 0. The molecule has 13 heteroatoms. The Morgan fingerprint density at radius 3 is 1.55 bits per heavy atom. The van der Waals surface area contributed by atoms with Crippen molar-refractivity contribution < 1.29 is 28.7 Å². The standard InChI is InChI=1S/C47H59N7O6/c48-39(47(58)60-28-30-12-14-36(38(22-30)32-9-5-2-6-10-32)24-45(56)50-43-26-41(52-54-43)34-17-18-34)19-20-46(57)59-27-29-11-13-35(37(21-29)31-7-3-1-4-8-31)23-44(55)49-42-25-40(51-53-42)33-15-16-33/h11-14,21-22,25-26,31-34,39H,1-10,15-20,23-24,27-28,48H2,(H2,49,51,53,55)(H2,50,52,54,56). The third-order valence-electron chi connectivity index (χ3n) is 12.7. The van der Waals surface area contributed by atoms with E-state index in [1.54, 1.807) is 0 Å². The number of carbonyl (C=O) groups is 4. The molecule has 2 heterocycles. The molecule has 6 N–H and O–H groups in total. The molecule has 1 unspecified atom stereocenters. The minimum absolute atomic E-state index is 0.0254. The zero-order valence-corrected chi connectivity index (χ0v) is 34.6. The van der Waals surface area contributed by atoms with Gasteiger partial charge in [-0.25, -0.2) is 0 Å². The van der Waals surface area contributed by atoms with Crippen molar-refractivity contribution in [3.8, 4) is 0 Å². The third kappa shape index (κ3) is 11.3. The van der Waals surface area contributed by atoms with Crippen LogP contribution in [0.2, 0.25) is 0 Å². The second kappa shape index (κ2) is 19.4. The van der Waals surface area contributed by atoms with Crippen LogP contribution in [0.25, 0.3) is 0 Å². The maximum atomic E-state index is 13.1. The molecule has 0 aliphatic heterocycles. The van der Waals surface area contributed by atoms with Crippen molar-refractivity contribution in [3.05, 3.63) is 93.3 Å². The molecule has 4 aliphatic carbocycles. The molecule has 4 aromatic rings. The summed E-state index contributed by atoms with van der Waals surface area (Å²) in [6.07, 6.45) is 16.4. The van der Waals surface area contributed by atoms with Crippen LogP contribution in [0.5, 0.6) is 0 Å². The Bertz CT molecular complexity index is 2140. The Morgan fingerprint density at radius 1 is 0.617 bits per heavy atom. The van der Waals surface area contributed by atoms with Gasteiger partial charge >= 0.3 is 11.9 Å². The average Bonchev–Trinajstić information content (AvgIpc) is 4.21. The van der Waals surface area contributed by atoms with Crippen LogP contribution in [0.15, 0.2) is 48.5 Å². The van der Waals surface area contributed by atoms with E-state index in [4.69, 9.17) is 15.2 Å². The SMILES string of the molecule is NC(CCC(=O)OCc1ccc(CC(=O)Nc2cc(C3CC3)[nH]n2)c(C2CCCCC2)c1)C(=O)OCc1ccc(CC(=O)Nc2cc(C3CC3)[nH]n2)c(C2CCCCC2)c1. The lowest BCUT2D eigenvalue weighted by Gasteiger charge is -2.25. The molecular formula is C47H59N7O6. The highest BCUT2D eigenvalue weighted by molar-refractivity contribution is 5.92. The van der Waals surface area contributed by atoms with Gasteiger partial charge in [-0.05, 0) is 103 Å². The molecule has 0 spiro atoms. The highest BCUT2D eigenvalue weighted by Gasteiger charge is 2.28. The fourth-order valence-electron chi connectivity index (χ4n) is 8.99. The van der Waals surface area contributed by atoms with Crippen LogP contribution in [-0.2, 0) is 54.7 Å². The van der Waals surface area contributed by atoms with Crippen molar-refractivity contribution in [2.24, 2.45) is 5.73 Å². The van der Waals surface area contributed by atoms with Gasteiger partial charge < -0.3 is 25.8 Å². The Morgan fingerprint density at radius 2 is 1.08 bits per heavy atom. The molecule has 1 atom stereocenters. The van der Waals surface area contributed by atoms with Crippen LogP contribution < -0.4 is 16.4 Å².